The molecule has 0 rings (SSSR count). The molecule has 0 aromatic carbocycles. The van der Waals surface area contributed by atoms with E-state index >= 15 is 0 Å². The fourth-order valence-electron chi connectivity index (χ4n) is 0.921. The molecule has 0 amide bonds. The summed E-state index contributed by atoms with van der Waals surface area (Å²) in [7, 11) is 2.08. The van der Waals surface area contributed by atoms with Crippen molar-refractivity contribution in [1.29, 1.82) is 0 Å². The molecule has 0 heterocycles. The highest BCUT2D eigenvalue weighted by Gasteiger charge is 1.82. The molecule has 0 aromatic heterocycles. The molecule has 0 unspecified atom stereocenters. The second-order valence-electron chi connectivity index (χ2n) is 2.61. The second kappa shape index (κ2) is 8.80. The van der Waals surface area contributed by atoms with E-state index in [4.69, 9.17) is 0 Å². The highest BCUT2D eigenvalue weighted by Crippen LogP contribution is 2.02. The average Bonchev–Trinajstić information content (AvgIpc) is 1.97. The van der Waals surface area contributed by atoms with Crippen LogP contribution in [0.2, 0.25) is 6.82 Å². The summed E-state index contributed by atoms with van der Waals surface area (Å²) in [6.07, 6.45) is 8.98. The first-order valence-electron chi connectivity index (χ1n) is 4.36. The van der Waals surface area contributed by atoms with Crippen LogP contribution >= 0.6 is 0 Å². The van der Waals surface area contributed by atoms with Crippen LogP contribution < -0.4 is 0 Å². The maximum atomic E-state index is 2.25. The molecule has 1 radical (unpaired) electrons. The summed E-state index contributed by atoms with van der Waals surface area (Å²) in [6.45, 7) is 4.30. The Hall–Kier alpha value is -0.195. The summed E-state index contributed by atoms with van der Waals surface area (Å²) in [4.78, 5) is 0. The summed E-state index contributed by atoms with van der Waals surface area (Å²) in [5.41, 5.74) is 0. The Kier molecular flexibility index (Phi) is 8.63. The third-order valence-electron chi connectivity index (χ3n) is 1.55. The Bertz CT molecular complexity index is 76.8. The highest BCUT2D eigenvalue weighted by molar-refractivity contribution is 6.40. The van der Waals surface area contributed by atoms with E-state index in [-0.39, 0.29) is 0 Å². The van der Waals surface area contributed by atoms with Crippen molar-refractivity contribution in [3.05, 3.63) is 12.1 Å². The van der Waals surface area contributed by atoms with Crippen LogP contribution in [0, 0.1) is 0 Å². The van der Waals surface area contributed by atoms with E-state index in [1.807, 2.05) is 0 Å². The van der Waals surface area contributed by atoms with Gasteiger partial charge in [-0.25, -0.2) is 0 Å². The second-order valence-corrected chi connectivity index (χ2v) is 2.61. The molecule has 0 aliphatic carbocycles. The van der Waals surface area contributed by atoms with Crippen LogP contribution in [0.1, 0.15) is 39.0 Å². The number of hydrogen-bond donors (Lipinski definition) is 0. The molecule has 10 heavy (non-hydrogen) atoms. The Morgan fingerprint density at radius 2 is 2.00 bits per heavy atom. The molecule has 0 bridgehead atoms. The van der Waals surface area contributed by atoms with Crippen molar-refractivity contribution in [3.63, 3.8) is 0 Å². The normalized spacial score (nSPS) is 10.6. The Labute approximate surface area is 66.0 Å². The number of hydrogen-bond acceptors (Lipinski definition) is 0. The van der Waals surface area contributed by atoms with Crippen LogP contribution in [0.4, 0.5) is 0 Å². The zero-order chi connectivity index (χ0) is 7.66. The van der Waals surface area contributed by atoms with Crippen LogP contribution in [0.25, 0.3) is 0 Å². The van der Waals surface area contributed by atoms with Crippen molar-refractivity contribution in [2.24, 2.45) is 0 Å². The van der Waals surface area contributed by atoms with Gasteiger partial charge in [0, 0.05) is 0 Å². The molecule has 57 valence electrons. The molecule has 0 saturated carbocycles. The Morgan fingerprint density at radius 1 is 1.20 bits per heavy atom. The lowest BCUT2D eigenvalue weighted by molar-refractivity contribution is 0.674. The zero-order valence-corrected chi connectivity index (χ0v) is 7.27. The lowest BCUT2D eigenvalue weighted by Gasteiger charge is -1.92. The van der Waals surface area contributed by atoms with E-state index in [2.05, 4.69) is 33.1 Å². The van der Waals surface area contributed by atoms with Crippen molar-refractivity contribution < 1.29 is 0 Å². The topological polar surface area (TPSA) is 0 Å². The van der Waals surface area contributed by atoms with Crippen molar-refractivity contribution in [3.8, 4) is 0 Å². The first-order chi connectivity index (χ1) is 4.91. The molecule has 0 spiro atoms. The largest absolute Gasteiger partial charge is 0.137 e. The number of allylic oxidation sites excluding steroid dienone is 1. The summed E-state index contributed by atoms with van der Waals surface area (Å²) < 4.78 is 0. The van der Waals surface area contributed by atoms with Gasteiger partial charge in [0.1, 0.15) is 7.28 Å². The van der Waals surface area contributed by atoms with E-state index in [1.165, 1.54) is 32.1 Å². The minimum Gasteiger partial charge on any atom is -0.127 e. The fourth-order valence-corrected chi connectivity index (χ4v) is 0.921. The average molecular weight is 137 g/mol. The Morgan fingerprint density at radius 3 is 2.60 bits per heavy atom. The summed E-state index contributed by atoms with van der Waals surface area (Å²) in [6, 6.07) is 0. The van der Waals surface area contributed by atoms with Gasteiger partial charge in [-0.1, -0.05) is 39.1 Å². The quantitative estimate of drug-likeness (QED) is 0.389. The highest BCUT2D eigenvalue weighted by atomic mass is 13.9. The maximum Gasteiger partial charge on any atom is 0.137 e. The van der Waals surface area contributed by atoms with Crippen LogP contribution in [0.15, 0.2) is 12.1 Å². The molecule has 0 aliphatic heterocycles. The van der Waals surface area contributed by atoms with Crippen LogP contribution in [0.3, 0.4) is 0 Å². The third-order valence-corrected chi connectivity index (χ3v) is 1.55. The van der Waals surface area contributed by atoms with Crippen molar-refractivity contribution in [2.75, 3.05) is 0 Å². The van der Waals surface area contributed by atoms with E-state index in [0.29, 0.717) is 0 Å². The van der Waals surface area contributed by atoms with Crippen molar-refractivity contribution >= 4 is 7.28 Å². The van der Waals surface area contributed by atoms with Gasteiger partial charge in [-0.3, -0.25) is 0 Å². The molecule has 0 nitrogen and oxygen atoms in total. The summed E-state index contributed by atoms with van der Waals surface area (Å²) >= 11 is 0. The monoisotopic (exact) mass is 137 g/mol. The van der Waals surface area contributed by atoms with Crippen molar-refractivity contribution in [1.82, 2.24) is 0 Å². The lowest BCUT2D eigenvalue weighted by Crippen LogP contribution is -1.75. The van der Waals surface area contributed by atoms with Gasteiger partial charge in [-0.2, -0.15) is 0 Å². The van der Waals surface area contributed by atoms with E-state index in [1.54, 1.807) is 0 Å². The molecule has 0 aliphatic rings. The van der Waals surface area contributed by atoms with Crippen LogP contribution in [-0.4, -0.2) is 7.28 Å². The summed E-state index contributed by atoms with van der Waals surface area (Å²) in [5.74, 6) is 2.13. The molecule has 1 heteroatoms. The Balaban J connectivity index is 2.83. The van der Waals surface area contributed by atoms with Gasteiger partial charge in [-0.15, -0.1) is 5.98 Å². The number of unbranched alkanes of at least 4 members (excludes halogenated alkanes) is 4. The van der Waals surface area contributed by atoms with E-state index in [0.717, 1.165) is 0 Å². The minimum atomic E-state index is 1.25. The first kappa shape index (κ1) is 9.80. The lowest BCUT2D eigenvalue weighted by atomic mass is 9.82. The van der Waals surface area contributed by atoms with Gasteiger partial charge >= 0.3 is 0 Å². The van der Waals surface area contributed by atoms with Gasteiger partial charge < -0.3 is 0 Å². The third kappa shape index (κ3) is 7.80. The molecular weight excluding hydrogens is 119 g/mol. The molecule has 0 saturated heterocycles. The predicted octanol–water partition coefficient (Wildman–Crippen LogP) is 3.22. The maximum absolute atomic E-state index is 2.25. The SMILES string of the molecule is C[B]/C=C/CCCCCC. The summed E-state index contributed by atoms with van der Waals surface area (Å²) in [5, 5.41) is 0. The van der Waals surface area contributed by atoms with Gasteiger partial charge in [0.05, 0.1) is 0 Å². The molecule has 0 aromatic rings. The van der Waals surface area contributed by atoms with Gasteiger partial charge in [0.25, 0.3) is 0 Å². The molecule has 0 N–H and O–H groups in total. The van der Waals surface area contributed by atoms with E-state index in [9.17, 15) is 0 Å². The minimum absolute atomic E-state index is 1.25. The fraction of sp³-hybridized carbons (Fsp3) is 0.778. The van der Waals surface area contributed by atoms with Crippen molar-refractivity contribution in [2.45, 2.75) is 45.9 Å². The van der Waals surface area contributed by atoms with Gasteiger partial charge in [0.15, 0.2) is 0 Å². The predicted molar refractivity (Wildman–Crippen MR) is 49.5 cm³/mol. The molecule has 0 fully saturated rings. The molecular formula is C9H18B. The first-order valence-corrected chi connectivity index (χ1v) is 4.36. The van der Waals surface area contributed by atoms with Crippen LogP contribution in [0.5, 0.6) is 0 Å². The molecule has 0 atom stereocenters. The van der Waals surface area contributed by atoms with Gasteiger partial charge in [-0.05, 0) is 12.8 Å². The smallest absolute Gasteiger partial charge is 0.127 e. The standard InChI is InChI=1S/C9H18B/c1-3-4-5-6-7-8-9-10-2/h8-9H,3-7H2,1-2H3/b9-8+. The van der Waals surface area contributed by atoms with Crippen LogP contribution in [-0.2, 0) is 0 Å². The van der Waals surface area contributed by atoms with Gasteiger partial charge in [0.2, 0.25) is 0 Å². The number of rotatable bonds is 6. The van der Waals surface area contributed by atoms with E-state index < -0.39 is 0 Å². The zero-order valence-electron chi connectivity index (χ0n) is 7.27.